The van der Waals surface area contributed by atoms with Gasteiger partial charge in [0, 0.05) is 31.4 Å². The maximum atomic E-state index is 10.8. The van der Waals surface area contributed by atoms with Crippen molar-refractivity contribution in [2.24, 2.45) is 10.2 Å². The number of hydrogen-bond acceptors (Lipinski definition) is 5. The molecule has 0 saturated heterocycles. The molecular weight excluding hydrogens is 292 g/mol. The highest BCUT2D eigenvalue weighted by Crippen LogP contribution is 2.31. The highest BCUT2D eigenvalue weighted by Gasteiger charge is 2.10. The SMILES string of the molecule is Cc1cc(N=Nc2c(C)cc(N(C)C)cc2C)ccc1[N+](=O)[O-]. The van der Waals surface area contributed by atoms with Crippen LogP contribution in [0, 0.1) is 30.9 Å². The maximum Gasteiger partial charge on any atom is 0.272 e. The van der Waals surface area contributed by atoms with Gasteiger partial charge in [-0.15, -0.1) is 0 Å². The van der Waals surface area contributed by atoms with E-state index in [9.17, 15) is 10.1 Å². The van der Waals surface area contributed by atoms with Gasteiger partial charge in [-0.05, 0) is 56.2 Å². The van der Waals surface area contributed by atoms with E-state index in [-0.39, 0.29) is 5.69 Å². The molecule has 6 nitrogen and oxygen atoms in total. The van der Waals surface area contributed by atoms with Gasteiger partial charge in [0.25, 0.3) is 5.69 Å². The smallest absolute Gasteiger partial charge is 0.272 e. The number of nitro benzene ring substituents is 1. The predicted octanol–water partition coefficient (Wildman–Crippen LogP) is 5.00. The number of anilines is 1. The van der Waals surface area contributed by atoms with E-state index in [0.717, 1.165) is 22.5 Å². The van der Waals surface area contributed by atoms with Crippen LogP contribution in [0.2, 0.25) is 0 Å². The lowest BCUT2D eigenvalue weighted by Crippen LogP contribution is -2.08. The van der Waals surface area contributed by atoms with Crippen LogP contribution < -0.4 is 4.90 Å². The second-order valence-corrected chi connectivity index (χ2v) is 5.75. The summed E-state index contributed by atoms with van der Waals surface area (Å²) >= 11 is 0. The zero-order valence-electron chi connectivity index (χ0n) is 14.0. The molecule has 2 aromatic carbocycles. The number of nitro groups is 1. The van der Waals surface area contributed by atoms with E-state index >= 15 is 0 Å². The van der Waals surface area contributed by atoms with E-state index in [1.807, 2.05) is 32.8 Å². The molecule has 2 aromatic rings. The summed E-state index contributed by atoms with van der Waals surface area (Å²) in [5.41, 5.74) is 5.28. The van der Waals surface area contributed by atoms with Crippen LogP contribution >= 0.6 is 0 Å². The molecule has 0 aromatic heterocycles. The van der Waals surface area contributed by atoms with Gasteiger partial charge in [0.2, 0.25) is 0 Å². The fraction of sp³-hybridized carbons (Fsp3) is 0.294. The van der Waals surface area contributed by atoms with Crippen molar-refractivity contribution in [3.63, 3.8) is 0 Å². The predicted molar refractivity (Wildman–Crippen MR) is 92.3 cm³/mol. The average Bonchev–Trinajstić information content (AvgIpc) is 2.45. The Kier molecular flexibility index (Phi) is 4.74. The molecule has 6 heteroatoms. The van der Waals surface area contributed by atoms with Crippen LogP contribution in [0.3, 0.4) is 0 Å². The number of rotatable bonds is 4. The topological polar surface area (TPSA) is 71.1 Å². The summed E-state index contributed by atoms with van der Waals surface area (Å²) in [5.74, 6) is 0. The van der Waals surface area contributed by atoms with Crippen molar-refractivity contribution in [2.75, 3.05) is 19.0 Å². The molecule has 0 N–H and O–H groups in total. The molecule has 0 aliphatic rings. The van der Waals surface area contributed by atoms with Crippen LogP contribution in [0.15, 0.2) is 40.6 Å². The van der Waals surface area contributed by atoms with Gasteiger partial charge in [-0.3, -0.25) is 10.1 Å². The molecule has 0 heterocycles. The fourth-order valence-corrected chi connectivity index (χ4v) is 2.36. The van der Waals surface area contributed by atoms with Gasteiger partial charge in [0.1, 0.15) is 0 Å². The van der Waals surface area contributed by atoms with Gasteiger partial charge in [0.15, 0.2) is 0 Å². The van der Waals surface area contributed by atoms with Crippen LogP contribution in [0.25, 0.3) is 0 Å². The number of nitrogens with zero attached hydrogens (tertiary/aromatic N) is 4. The third-order valence-electron chi connectivity index (χ3n) is 3.63. The largest absolute Gasteiger partial charge is 0.378 e. The van der Waals surface area contributed by atoms with Crippen LogP contribution in [-0.2, 0) is 0 Å². The summed E-state index contributed by atoms with van der Waals surface area (Å²) in [6, 6.07) is 8.84. The summed E-state index contributed by atoms with van der Waals surface area (Å²) in [5, 5.41) is 19.4. The van der Waals surface area contributed by atoms with E-state index in [4.69, 9.17) is 0 Å². The molecule has 0 atom stereocenters. The Hall–Kier alpha value is -2.76. The number of aryl methyl sites for hydroxylation is 3. The molecule has 120 valence electrons. The first-order valence-corrected chi connectivity index (χ1v) is 7.25. The Bertz CT molecular complexity index is 759. The zero-order chi connectivity index (χ0) is 17.1. The van der Waals surface area contributed by atoms with Gasteiger partial charge < -0.3 is 4.90 Å². The van der Waals surface area contributed by atoms with Gasteiger partial charge in [0.05, 0.1) is 16.3 Å². The Morgan fingerprint density at radius 1 is 0.957 bits per heavy atom. The molecule has 23 heavy (non-hydrogen) atoms. The summed E-state index contributed by atoms with van der Waals surface area (Å²) in [6.07, 6.45) is 0. The minimum Gasteiger partial charge on any atom is -0.378 e. The van der Waals surface area contributed by atoms with Crippen LogP contribution in [0.5, 0.6) is 0 Å². The Morgan fingerprint density at radius 2 is 1.57 bits per heavy atom. The molecule has 0 unspecified atom stereocenters. The van der Waals surface area contributed by atoms with Gasteiger partial charge in [-0.1, -0.05) is 0 Å². The Labute approximate surface area is 135 Å². The second kappa shape index (κ2) is 6.56. The van der Waals surface area contributed by atoms with Crippen molar-refractivity contribution in [1.29, 1.82) is 0 Å². The first kappa shape index (κ1) is 16.6. The molecule has 0 spiro atoms. The van der Waals surface area contributed by atoms with Crippen molar-refractivity contribution in [3.8, 4) is 0 Å². The number of azo groups is 1. The Balaban J connectivity index is 2.34. The highest BCUT2D eigenvalue weighted by molar-refractivity contribution is 5.62. The molecule has 0 amide bonds. The summed E-state index contributed by atoms with van der Waals surface area (Å²) in [6.45, 7) is 5.68. The fourth-order valence-electron chi connectivity index (χ4n) is 2.36. The molecule has 0 aliphatic heterocycles. The standard InChI is InChI=1S/C17H20N4O2/c1-11-8-14(6-7-16(11)21(22)23)18-19-17-12(2)9-15(20(4)5)10-13(17)3/h6-10H,1-5H3. The molecule has 2 rings (SSSR count). The van der Waals surface area contributed by atoms with E-state index in [1.54, 1.807) is 19.1 Å². The first-order valence-electron chi connectivity index (χ1n) is 7.25. The van der Waals surface area contributed by atoms with Gasteiger partial charge in [-0.2, -0.15) is 10.2 Å². The monoisotopic (exact) mass is 312 g/mol. The van der Waals surface area contributed by atoms with E-state index in [2.05, 4.69) is 22.4 Å². The second-order valence-electron chi connectivity index (χ2n) is 5.75. The first-order chi connectivity index (χ1) is 10.8. The van der Waals surface area contributed by atoms with Crippen LogP contribution in [0.4, 0.5) is 22.7 Å². The molecular formula is C17H20N4O2. The summed E-state index contributed by atoms with van der Waals surface area (Å²) in [7, 11) is 3.99. The zero-order valence-corrected chi connectivity index (χ0v) is 14.0. The van der Waals surface area contributed by atoms with Gasteiger partial charge >= 0.3 is 0 Å². The lowest BCUT2D eigenvalue weighted by molar-refractivity contribution is -0.385. The minimum atomic E-state index is -0.398. The molecule has 0 radical (unpaired) electrons. The third-order valence-corrected chi connectivity index (χ3v) is 3.63. The van der Waals surface area contributed by atoms with Crippen molar-refractivity contribution < 1.29 is 4.92 Å². The van der Waals surface area contributed by atoms with Crippen molar-refractivity contribution in [3.05, 3.63) is 57.1 Å². The van der Waals surface area contributed by atoms with Crippen LogP contribution in [-0.4, -0.2) is 19.0 Å². The molecule has 0 fully saturated rings. The van der Waals surface area contributed by atoms with E-state index in [0.29, 0.717) is 11.3 Å². The van der Waals surface area contributed by atoms with Crippen molar-refractivity contribution in [2.45, 2.75) is 20.8 Å². The number of hydrogen-bond donors (Lipinski definition) is 0. The summed E-state index contributed by atoms with van der Waals surface area (Å²) < 4.78 is 0. The average molecular weight is 312 g/mol. The highest BCUT2D eigenvalue weighted by atomic mass is 16.6. The molecule has 0 aliphatic carbocycles. The minimum absolute atomic E-state index is 0.0895. The van der Waals surface area contributed by atoms with E-state index < -0.39 is 4.92 Å². The lowest BCUT2D eigenvalue weighted by atomic mass is 10.1. The summed E-state index contributed by atoms with van der Waals surface area (Å²) in [4.78, 5) is 12.5. The van der Waals surface area contributed by atoms with Crippen LogP contribution in [0.1, 0.15) is 16.7 Å². The van der Waals surface area contributed by atoms with Gasteiger partial charge in [-0.25, -0.2) is 0 Å². The normalized spacial score (nSPS) is 11.0. The molecule has 0 bridgehead atoms. The quantitative estimate of drug-likeness (QED) is 0.453. The number of benzene rings is 2. The Morgan fingerprint density at radius 3 is 2.04 bits per heavy atom. The molecule has 0 saturated carbocycles. The lowest BCUT2D eigenvalue weighted by Gasteiger charge is -2.15. The van der Waals surface area contributed by atoms with E-state index in [1.165, 1.54) is 6.07 Å². The third kappa shape index (κ3) is 3.71. The van der Waals surface area contributed by atoms with Crippen molar-refractivity contribution >= 4 is 22.7 Å². The van der Waals surface area contributed by atoms with Crippen molar-refractivity contribution in [1.82, 2.24) is 0 Å². The maximum absolute atomic E-state index is 10.8.